The number of amides is 1. The van der Waals surface area contributed by atoms with Crippen molar-refractivity contribution in [2.75, 3.05) is 6.54 Å². The molecule has 202 valence electrons. The molecule has 0 saturated carbocycles. The monoisotopic (exact) mass is 544 g/mol. The Morgan fingerprint density at radius 3 is 2.29 bits per heavy atom. The van der Waals surface area contributed by atoms with Gasteiger partial charge in [0.25, 0.3) is 5.91 Å². The van der Waals surface area contributed by atoms with Gasteiger partial charge >= 0.3 is 11.9 Å². The Morgan fingerprint density at radius 2 is 1.68 bits per heavy atom. The van der Waals surface area contributed by atoms with Gasteiger partial charge in [0, 0.05) is 40.5 Å². The highest BCUT2D eigenvalue weighted by Crippen LogP contribution is 2.17. The van der Waals surface area contributed by atoms with Crippen LogP contribution in [-0.4, -0.2) is 57.6 Å². The fraction of sp³-hybridized carbons (Fsp3) is 0.240. The Balaban J connectivity index is 0.000000358. The lowest BCUT2D eigenvalue weighted by Gasteiger charge is -2.16. The molecule has 3 rings (SSSR count). The number of halogens is 1. The number of para-hydroxylation sites is 1. The molecule has 1 unspecified atom stereocenters. The van der Waals surface area contributed by atoms with Crippen molar-refractivity contribution in [1.29, 1.82) is 0 Å². The van der Waals surface area contributed by atoms with E-state index in [1.165, 1.54) is 18.2 Å². The molecule has 10 N–H and O–H groups in total. The second-order valence-corrected chi connectivity index (χ2v) is 8.61. The summed E-state index contributed by atoms with van der Waals surface area (Å²) in [4.78, 5) is 52.4. The first-order valence-corrected chi connectivity index (χ1v) is 11.8. The van der Waals surface area contributed by atoms with E-state index in [9.17, 15) is 24.3 Å². The number of aliphatic imine (C=N–C) groups is 1. The number of hydrogen-bond donors (Lipinski definition) is 7. The Labute approximate surface area is 222 Å². The fourth-order valence-electron chi connectivity index (χ4n) is 3.35. The first-order valence-electron chi connectivity index (χ1n) is 11.4. The SMILES string of the molecule is NC(N)=NCCC[C@H](N)C(=O)O.O=C(NC(Cc1cc(=O)[nH]c2ccccc12)C(=O)O)c1ccc(Cl)cc1. The maximum atomic E-state index is 12.3. The number of carbonyl (C=O) groups is 3. The molecular formula is C25H29ClN6O6. The van der Waals surface area contributed by atoms with E-state index in [4.69, 9.17) is 33.9 Å². The first kappa shape index (κ1) is 29.8. The van der Waals surface area contributed by atoms with Crippen LogP contribution < -0.4 is 28.1 Å². The van der Waals surface area contributed by atoms with Crippen LogP contribution in [-0.2, 0) is 16.0 Å². The van der Waals surface area contributed by atoms with Crippen LogP contribution in [0.4, 0.5) is 0 Å². The topological polar surface area (TPSA) is 227 Å². The predicted octanol–water partition coefficient (Wildman–Crippen LogP) is 1.06. The van der Waals surface area contributed by atoms with E-state index in [1.807, 2.05) is 0 Å². The number of aromatic amines is 1. The molecule has 38 heavy (non-hydrogen) atoms. The van der Waals surface area contributed by atoms with Crippen molar-refractivity contribution in [3.63, 3.8) is 0 Å². The summed E-state index contributed by atoms with van der Waals surface area (Å²) in [5.41, 5.74) is 16.5. The van der Waals surface area contributed by atoms with E-state index in [0.717, 1.165) is 5.39 Å². The lowest BCUT2D eigenvalue weighted by Crippen LogP contribution is -2.42. The molecule has 0 saturated heterocycles. The summed E-state index contributed by atoms with van der Waals surface area (Å²) < 4.78 is 0. The third-order valence-electron chi connectivity index (χ3n) is 5.25. The molecule has 0 aliphatic carbocycles. The number of benzene rings is 2. The maximum Gasteiger partial charge on any atom is 0.326 e. The maximum absolute atomic E-state index is 12.3. The van der Waals surface area contributed by atoms with Crippen LogP contribution in [0.15, 0.2) is 64.4 Å². The molecule has 0 aliphatic heterocycles. The van der Waals surface area contributed by atoms with Crippen LogP contribution in [0.3, 0.4) is 0 Å². The van der Waals surface area contributed by atoms with E-state index < -0.39 is 29.9 Å². The van der Waals surface area contributed by atoms with Gasteiger partial charge in [0.15, 0.2) is 5.96 Å². The number of rotatable bonds is 10. The number of carboxylic acid groups (broad SMARTS) is 2. The Kier molecular flexibility index (Phi) is 11.3. The Hall–Kier alpha value is -4.42. The third-order valence-corrected chi connectivity index (χ3v) is 5.51. The van der Waals surface area contributed by atoms with Gasteiger partial charge in [-0.05, 0) is 48.7 Å². The van der Waals surface area contributed by atoms with Gasteiger partial charge in [-0.25, -0.2) is 4.79 Å². The summed E-state index contributed by atoms with van der Waals surface area (Å²) in [6.45, 7) is 0.420. The first-order chi connectivity index (χ1) is 18.0. The molecule has 13 heteroatoms. The van der Waals surface area contributed by atoms with Crippen molar-refractivity contribution in [3.8, 4) is 0 Å². The van der Waals surface area contributed by atoms with E-state index in [-0.39, 0.29) is 17.9 Å². The van der Waals surface area contributed by atoms with Crippen molar-refractivity contribution in [3.05, 3.63) is 81.1 Å². The molecular weight excluding hydrogens is 516 g/mol. The average molecular weight is 545 g/mol. The molecule has 0 radical (unpaired) electrons. The van der Waals surface area contributed by atoms with Crippen LogP contribution in [0, 0.1) is 0 Å². The number of nitrogens with one attached hydrogen (secondary N) is 2. The molecule has 1 heterocycles. The minimum atomic E-state index is -1.18. The largest absolute Gasteiger partial charge is 0.480 e. The summed E-state index contributed by atoms with van der Waals surface area (Å²) in [5, 5.41) is 21.6. The van der Waals surface area contributed by atoms with E-state index in [1.54, 1.807) is 36.4 Å². The second-order valence-electron chi connectivity index (χ2n) is 8.17. The summed E-state index contributed by atoms with van der Waals surface area (Å²) >= 11 is 5.79. The van der Waals surface area contributed by atoms with E-state index in [2.05, 4.69) is 15.3 Å². The number of fused-ring (bicyclic) bond motifs is 1. The number of aliphatic carboxylic acids is 2. The van der Waals surface area contributed by atoms with E-state index >= 15 is 0 Å². The van der Waals surface area contributed by atoms with Gasteiger partial charge in [-0.3, -0.25) is 19.4 Å². The van der Waals surface area contributed by atoms with Crippen LogP contribution >= 0.6 is 11.6 Å². The number of carbonyl (C=O) groups excluding carboxylic acids is 1. The van der Waals surface area contributed by atoms with Crippen LogP contribution in [0.2, 0.25) is 5.02 Å². The summed E-state index contributed by atoms with van der Waals surface area (Å²) in [6.07, 6.45) is 0.941. The molecule has 0 bridgehead atoms. The summed E-state index contributed by atoms with van der Waals surface area (Å²) in [5.74, 6) is -2.70. The minimum Gasteiger partial charge on any atom is -0.480 e. The minimum absolute atomic E-state index is 0.0129. The van der Waals surface area contributed by atoms with Crippen LogP contribution in [0.5, 0.6) is 0 Å². The lowest BCUT2D eigenvalue weighted by molar-refractivity contribution is -0.139. The van der Waals surface area contributed by atoms with Crippen LogP contribution in [0.25, 0.3) is 10.9 Å². The molecule has 0 aliphatic rings. The molecule has 2 atom stereocenters. The van der Waals surface area contributed by atoms with Crippen molar-refractivity contribution in [2.24, 2.45) is 22.2 Å². The van der Waals surface area contributed by atoms with Gasteiger partial charge < -0.3 is 37.7 Å². The zero-order chi connectivity index (χ0) is 28.2. The second kappa shape index (κ2) is 14.4. The van der Waals surface area contributed by atoms with E-state index in [0.29, 0.717) is 41.1 Å². The zero-order valence-corrected chi connectivity index (χ0v) is 21.0. The predicted molar refractivity (Wildman–Crippen MR) is 144 cm³/mol. The highest BCUT2D eigenvalue weighted by molar-refractivity contribution is 6.30. The van der Waals surface area contributed by atoms with Crippen molar-refractivity contribution in [1.82, 2.24) is 10.3 Å². The third kappa shape index (κ3) is 9.56. The van der Waals surface area contributed by atoms with Gasteiger partial charge in [-0.15, -0.1) is 0 Å². The van der Waals surface area contributed by atoms with Gasteiger partial charge in [0.2, 0.25) is 5.56 Å². The molecule has 2 aromatic carbocycles. The summed E-state index contributed by atoms with van der Waals surface area (Å²) in [6, 6.07) is 12.6. The zero-order valence-electron chi connectivity index (χ0n) is 20.3. The van der Waals surface area contributed by atoms with Gasteiger partial charge in [-0.1, -0.05) is 29.8 Å². The summed E-state index contributed by atoms with van der Waals surface area (Å²) in [7, 11) is 0. The highest BCUT2D eigenvalue weighted by atomic mass is 35.5. The number of pyridine rings is 1. The normalized spacial score (nSPS) is 11.9. The molecule has 12 nitrogen and oxygen atoms in total. The Morgan fingerprint density at radius 1 is 1.03 bits per heavy atom. The molecule has 0 spiro atoms. The number of guanidine groups is 1. The number of H-pyrrole nitrogens is 1. The number of aromatic nitrogens is 1. The Bertz CT molecular complexity index is 1350. The van der Waals surface area contributed by atoms with Crippen molar-refractivity contribution in [2.45, 2.75) is 31.3 Å². The van der Waals surface area contributed by atoms with Gasteiger partial charge in [-0.2, -0.15) is 0 Å². The standard InChI is InChI=1S/C19H15ClN2O4.C6H14N4O2/c20-13-7-5-11(6-8-13)18(24)22-16(19(25)26)9-12-10-17(23)21-15-4-2-1-3-14(12)15;7-4(5(11)12)2-1-3-10-6(8)9/h1-8,10,16H,9H2,(H,21,23)(H,22,24)(H,25,26);4H,1-3,7H2,(H,11,12)(H4,8,9,10)/t;4-/m.0/s1. The molecule has 1 amide bonds. The van der Waals surface area contributed by atoms with Gasteiger partial charge in [0.05, 0.1) is 0 Å². The number of nitrogens with two attached hydrogens (primary N) is 3. The quantitative estimate of drug-likeness (QED) is 0.110. The molecule has 0 fully saturated rings. The lowest BCUT2D eigenvalue weighted by atomic mass is 10.0. The van der Waals surface area contributed by atoms with Crippen molar-refractivity contribution < 1.29 is 24.6 Å². The van der Waals surface area contributed by atoms with Crippen molar-refractivity contribution >= 4 is 46.3 Å². The average Bonchev–Trinajstić information content (AvgIpc) is 2.86. The number of carboxylic acids is 2. The highest BCUT2D eigenvalue weighted by Gasteiger charge is 2.22. The molecule has 3 aromatic rings. The number of hydrogen-bond acceptors (Lipinski definition) is 6. The smallest absolute Gasteiger partial charge is 0.326 e. The molecule has 1 aromatic heterocycles. The number of nitrogens with zero attached hydrogens (tertiary/aromatic N) is 1. The van der Waals surface area contributed by atoms with Gasteiger partial charge in [0.1, 0.15) is 12.1 Å². The van der Waals surface area contributed by atoms with Crippen LogP contribution in [0.1, 0.15) is 28.8 Å². The fourth-order valence-corrected chi connectivity index (χ4v) is 3.48.